The number of amides is 1. The Balaban J connectivity index is 1.55. The predicted molar refractivity (Wildman–Crippen MR) is 136 cm³/mol. The maximum absolute atomic E-state index is 13.9. The maximum atomic E-state index is 13.9. The first-order chi connectivity index (χ1) is 17.9. The minimum atomic E-state index is -0.494. The number of rotatable bonds is 6. The van der Waals surface area contributed by atoms with Crippen LogP contribution in [-0.2, 0) is 9.53 Å². The maximum Gasteiger partial charge on any atom is 0.269 e. The number of nitrogens with zero attached hydrogens (tertiary/aromatic N) is 5. The number of nitro groups is 1. The number of carbonyl (C=O) groups is 1. The van der Waals surface area contributed by atoms with Crippen LogP contribution in [0.1, 0.15) is 0 Å². The molecule has 0 saturated carbocycles. The van der Waals surface area contributed by atoms with E-state index in [1.807, 2.05) is 4.90 Å². The van der Waals surface area contributed by atoms with Gasteiger partial charge in [0.1, 0.15) is 11.0 Å². The van der Waals surface area contributed by atoms with Crippen molar-refractivity contribution in [2.45, 2.75) is 0 Å². The Hall–Kier alpha value is -4.06. The van der Waals surface area contributed by atoms with E-state index in [9.17, 15) is 19.3 Å². The summed E-state index contributed by atoms with van der Waals surface area (Å²) in [6, 6.07) is 13.3. The molecule has 0 spiro atoms. The highest BCUT2D eigenvalue weighted by molar-refractivity contribution is 6.32. The molecule has 5 rings (SSSR count). The lowest BCUT2D eigenvalue weighted by Crippen LogP contribution is -2.41. The summed E-state index contributed by atoms with van der Waals surface area (Å²) in [7, 11) is 0. The van der Waals surface area contributed by atoms with Crippen LogP contribution < -0.4 is 5.32 Å². The van der Waals surface area contributed by atoms with E-state index < -0.39 is 10.7 Å². The first-order valence-electron chi connectivity index (χ1n) is 11.4. The molecule has 1 aliphatic heterocycles. The number of morpholine rings is 1. The predicted octanol–water partition coefficient (Wildman–Crippen LogP) is 4.33. The Bertz CT molecular complexity index is 1500. The fourth-order valence-electron chi connectivity index (χ4n) is 3.97. The zero-order valence-corrected chi connectivity index (χ0v) is 20.1. The van der Waals surface area contributed by atoms with Gasteiger partial charge in [0.2, 0.25) is 11.9 Å². The normalized spacial score (nSPS) is 14.0. The van der Waals surface area contributed by atoms with E-state index in [0.717, 1.165) is 0 Å². The number of ether oxygens (including phenoxy) is 1. The Morgan fingerprint density at radius 1 is 1.05 bits per heavy atom. The molecule has 1 amide bonds. The van der Waals surface area contributed by atoms with E-state index in [-0.39, 0.29) is 29.2 Å². The number of carbonyl (C=O) groups excluding carboxylic acids is 1. The lowest BCUT2D eigenvalue weighted by Gasteiger charge is -2.25. The van der Waals surface area contributed by atoms with Crippen molar-refractivity contribution in [2.24, 2.45) is 0 Å². The van der Waals surface area contributed by atoms with Crippen molar-refractivity contribution >= 4 is 40.0 Å². The summed E-state index contributed by atoms with van der Waals surface area (Å²) in [4.78, 5) is 38.6. The van der Waals surface area contributed by atoms with Crippen molar-refractivity contribution in [3.8, 4) is 22.5 Å². The number of halogens is 2. The van der Waals surface area contributed by atoms with Gasteiger partial charge in [0.25, 0.3) is 5.69 Å². The number of anilines is 1. The van der Waals surface area contributed by atoms with Crippen LogP contribution in [0.15, 0.2) is 54.6 Å². The minimum Gasteiger partial charge on any atom is -0.379 e. The average molecular weight is 523 g/mol. The zero-order chi connectivity index (χ0) is 25.9. The van der Waals surface area contributed by atoms with Gasteiger partial charge in [0.15, 0.2) is 0 Å². The first-order valence-corrected chi connectivity index (χ1v) is 11.7. The monoisotopic (exact) mass is 522 g/mol. The van der Waals surface area contributed by atoms with E-state index in [1.165, 1.54) is 30.3 Å². The SMILES string of the molecule is O=C(CN1CCOCC1)Nc1nc(-c2ccc([N+](=O)[O-])cc2)cc(-c2cc3cc(F)ccc3nc2Cl)n1. The Morgan fingerprint density at radius 2 is 1.78 bits per heavy atom. The van der Waals surface area contributed by atoms with Gasteiger partial charge in [-0.1, -0.05) is 11.6 Å². The van der Waals surface area contributed by atoms with Crippen LogP contribution in [0.4, 0.5) is 16.0 Å². The van der Waals surface area contributed by atoms with Crippen molar-refractivity contribution in [1.29, 1.82) is 0 Å². The molecule has 10 nitrogen and oxygen atoms in total. The molecule has 2 aromatic heterocycles. The van der Waals surface area contributed by atoms with Crippen LogP contribution in [0.3, 0.4) is 0 Å². The molecule has 1 aliphatic rings. The second-order valence-corrected chi connectivity index (χ2v) is 8.72. The second-order valence-electron chi connectivity index (χ2n) is 8.37. The third-order valence-corrected chi connectivity index (χ3v) is 6.12. The van der Waals surface area contributed by atoms with Crippen molar-refractivity contribution in [1.82, 2.24) is 19.9 Å². The first kappa shape index (κ1) is 24.6. The molecule has 0 atom stereocenters. The van der Waals surface area contributed by atoms with Gasteiger partial charge >= 0.3 is 0 Å². The molecular formula is C25H20ClFN6O4. The molecule has 2 aromatic carbocycles. The molecule has 0 aliphatic carbocycles. The Morgan fingerprint density at radius 3 is 2.51 bits per heavy atom. The number of hydrogen-bond donors (Lipinski definition) is 1. The number of pyridine rings is 1. The number of hydrogen-bond acceptors (Lipinski definition) is 8. The molecule has 0 radical (unpaired) electrons. The van der Waals surface area contributed by atoms with Gasteiger partial charge in [-0.3, -0.25) is 25.1 Å². The quantitative estimate of drug-likeness (QED) is 0.225. The molecular weight excluding hydrogens is 503 g/mol. The van der Waals surface area contributed by atoms with E-state index in [1.54, 1.807) is 24.3 Å². The molecule has 37 heavy (non-hydrogen) atoms. The highest BCUT2D eigenvalue weighted by atomic mass is 35.5. The van der Waals surface area contributed by atoms with Crippen LogP contribution in [0, 0.1) is 15.9 Å². The number of benzene rings is 2. The van der Waals surface area contributed by atoms with Gasteiger partial charge in [0, 0.05) is 41.7 Å². The zero-order valence-electron chi connectivity index (χ0n) is 19.4. The molecule has 12 heteroatoms. The number of fused-ring (bicyclic) bond motifs is 1. The van der Waals surface area contributed by atoms with Crippen LogP contribution >= 0.6 is 11.6 Å². The van der Waals surface area contributed by atoms with Gasteiger partial charge < -0.3 is 4.74 Å². The molecule has 1 N–H and O–H groups in total. The largest absolute Gasteiger partial charge is 0.379 e. The van der Waals surface area contributed by atoms with Gasteiger partial charge in [-0.25, -0.2) is 19.3 Å². The van der Waals surface area contributed by atoms with Crippen LogP contribution in [-0.4, -0.2) is 63.5 Å². The molecule has 188 valence electrons. The van der Waals surface area contributed by atoms with Gasteiger partial charge in [-0.15, -0.1) is 0 Å². The summed E-state index contributed by atoms with van der Waals surface area (Å²) in [5.41, 5.74) is 2.16. The third-order valence-electron chi connectivity index (χ3n) is 5.83. The number of aromatic nitrogens is 3. The van der Waals surface area contributed by atoms with Gasteiger partial charge in [-0.05, 0) is 42.5 Å². The van der Waals surface area contributed by atoms with E-state index in [0.29, 0.717) is 59.7 Å². The van der Waals surface area contributed by atoms with Crippen molar-refractivity contribution in [2.75, 3.05) is 38.2 Å². The second kappa shape index (κ2) is 10.5. The summed E-state index contributed by atoms with van der Waals surface area (Å²) in [5, 5.41) is 14.5. The van der Waals surface area contributed by atoms with E-state index in [4.69, 9.17) is 16.3 Å². The number of nitro benzene ring substituents is 1. The highest BCUT2D eigenvalue weighted by Gasteiger charge is 2.18. The van der Waals surface area contributed by atoms with Crippen molar-refractivity contribution in [3.05, 3.63) is 75.7 Å². The average Bonchev–Trinajstić information content (AvgIpc) is 2.89. The standard InChI is InChI=1S/C25H20ClFN6O4/c26-24-19(12-16-11-17(27)3-6-20(16)28-24)22-13-21(15-1-4-18(5-2-15)33(35)36)29-25(30-22)31-23(34)14-32-7-9-37-10-8-32/h1-6,11-13H,7-10,14H2,(H,29,30,31,34). The molecule has 0 bridgehead atoms. The van der Waals surface area contributed by atoms with E-state index >= 15 is 0 Å². The summed E-state index contributed by atoms with van der Waals surface area (Å²) in [6.45, 7) is 2.52. The lowest BCUT2D eigenvalue weighted by atomic mass is 10.1. The van der Waals surface area contributed by atoms with Crippen molar-refractivity contribution in [3.63, 3.8) is 0 Å². The molecule has 3 heterocycles. The van der Waals surface area contributed by atoms with E-state index in [2.05, 4.69) is 20.3 Å². The Kier molecular flexibility index (Phi) is 6.99. The molecule has 4 aromatic rings. The van der Waals surface area contributed by atoms with Crippen molar-refractivity contribution < 1.29 is 18.8 Å². The molecule has 1 fully saturated rings. The summed E-state index contributed by atoms with van der Waals surface area (Å²) < 4.78 is 19.2. The van der Waals surface area contributed by atoms with Gasteiger partial charge in [0.05, 0.1) is 41.6 Å². The Labute approximate surface area is 215 Å². The fraction of sp³-hybridized carbons (Fsp3) is 0.200. The lowest BCUT2D eigenvalue weighted by molar-refractivity contribution is -0.384. The van der Waals surface area contributed by atoms with Crippen LogP contribution in [0.25, 0.3) is 33.4 Å². The topological polar surface area (TPSA) is 123 Å². The molecule has 0 unspecified atom stereocenters. The van der Waals surface area contributed by atoms with Crippen LogP contribution in [0.2, 0.25) is 5.15 Å². The minimum absolute atomic E-state index is 0.0273. The smallest absolute Gasteiger partial charge is 0.269 e. The summed E-state index contributed by atoms with van der Waals surface area (Å²) in [5.74, 6) is -0.703. The summed E-state index contributed by atoms with van der Waals surface area (Å²) >= 11 is 6.47. The van der Waals surface area contributed by atoms with Gasteiger partial charge in [-0.2, -0.15) is 0 Å². The number of non-ortho nitro benzene ring substituents is 1. The third kappa shape index (κ3) is 5.69. The summed E-state index contributed by atoms with van der Waals surface area (Å²) in [6.07, 6.45) is 0. The van der Waals surface area contributed by atoms with Crippen LogP contribution in [0.5, 0.6) is 0 Å². The highest BCUT2D eigenvalue weighted by Crippen LogP contribution is 2.32. The molecule has 1 saturated heterocycles. The number of nitrogens with one attached hydrogen (secondary N) is 1. The fourth-order valence-corrected chi connectivity index (χ4v) is 4.22.